The van der Waals surface area contributed by atoms with Crippen molar-refractivity contribution in [3.8, 4) is 11.4 Å². The van der Waals surface area contributed by atoms with Gasteiger partial charge in [0.2, 0.25) is 0 Å². The van der Waals surface area contributed by atoms with Gasteiger partial charge in [-0.3, -0.25) is 9.78 Å². The number of rotatable bonds is 7. The summed E-state index contributed by atoms with van der Waals surface area (Å²) in [5.74, 6) is -0.256. The zero-order valence-corrected chi connectivity index (χ0v) is 18.7. The molecule has 0 aliphatic heterocycles. The molecule has 30 heavy (non-hydrogen) atoms. The fourth-order valence-corrected chi connectivity index (χ4v) is 3.62. The largest absolute Gasteiger partial charge is 0.366 e. The zero-order chi connectivity index (χ0) is 21.7. The summed E-state index contributed by atoms with van der Waals surface area (Å²) in [5, 5.41) is 5.51. The average molecular weight is 423 g/mol. The Morgan fingerprint density at radius 1 is 1.20 bits per heavy atom. The van der Waals surface area contributed by atoms with E-state index in [0.29, 0.717) is 5.69 Å². The number of hydrogen-bond donors (Lipinski definition) is 1. The Balaban J connectivity index is 1.76. The Bertz CT molecular complexity index is 1060. The van der Waals surface area contributed by atoms with Gasteiger partial charge in [-0.1, -0.05) is 6.07 Å². The van der Waals surface area contributed by atoms with Crippen molar-refractivity contribution in [1.29, 1.82) is 0 Å². The van der Waals surface area contributed by atoms with Gasteiger partial charge < -0.3 is 10.2 Å². The van der Waals surface area contributed by atoms with Crippen LogP contribution in [0.4, 0.5) is 5.69 Å². The van der Waals surface area contributed by atoms with E-state index in [4.69, 9.17) is 4.98 Å². The first-order valence-electron chi connectivity index (χ1n) is 9.74. The third kappa shape index (κ3) is 5.07. The predicted octanol–water partition coefficient (Wildman–Crippen LogP) is 3.78. The number of aliphatic imine (C=N–C) groups is 1. The molecule has 1 N–H and O–H groups in total. The Morgan fingerprint density at radius 3 is 2.67 bits per heavy atom. The monoisotopic (exact) mass is 422 g/mol. The van der Waals surface area contributed by atoms with Gasteiger partial charge in [0.25, 0.3) is 5.91 Å². The maximum Gasteiger partial charge on any atom is 0.271 e. The minimum Gasteiger partial charge on any atom is -0.366 e. The lowest BCUT2D eigenvalue weighted by Crippen LogP contribution is -2.19. The van der Waals surface area contributed by atoms with E-state index >= 15 is 0 Å². The van der Waals surface area contributed by atoms with Crippen molar-refractivity contribution < 1.29 is 4.79 Å². The Kier molecular flexibility index (Phi) is 6.89. The maximum atomic E-state index is 11.6. The summed E-state index contributed by atoms with van der Waals surface area (Å²) in [4.78, 5) is 31.4. The van der Waals surface area contributed by atoms with Crippen molar-refractivity contribution in [1.82, 2.24) is 25.2 Å². The molecule has 7 nitrogen and oxygen atoms in total. The molecule has 0 aliphatic rings. The van der Waals surface area contributed by atoms with Crippen molar-refractivity contribution in [2.24, 2.45) is 4.99 Å². The number of aryl methyl sites for hydroxylation is 2. The number of nitrogens with one attached hydrogen (secondary N) is 1. The quantitative estimate of drug-likeness (QED) is 0.463. The van der Waals surface area contributed by atoms with Crippen molar-refractivity contribution in [3.63, 3.8) is 0 Å². The van der Waals surface area contributed by atoms with Crippen LogP contribution in [-0.4, -0.2) is 52.7 Å². The summed E-state index contributed by atoms with van der Waals surface area (Å²) in [5.41, 5.74) is 6.27. The van der Waals surface area contributed by atoms with Crippen LogP contribution in [-0.2, 0) is 6.42 Å². The van der Waals surface area contributed by atoms with Crippen LogP contribution in [0.1, 0.15) is 39.1 Å². The Labute approximate surface area is 180 Å². The maximum absolute atomic E-state index is 11.6. The van der Waals surface area contributed by atoms with Gasteiger partial charge in [-0.25, -0.2) is 15.0 Å². The van der Waals surface area contributed by atoms with E-state index in [1.807, 2.05) is 23.7 Å². The highest BCUT2D eigenvalue weighted by Gasteiger charge is 2.11. The summed E-state index contributed by atoms with van der Waals surface area (Å²) in [6, 6.07) is 4.31. The molecule has 0 saturated heterocycles. The molecule has 0 spiro atoms. The molecule has 3 aromatic rings. The zero-order valence-electron chi connectivity index (χ0n) is 17.9. The second kappa shape index (κ2) is 9.58. The second-order valence-electron chi connectivity index (χ2n) is 7.05. The SMILES string of the molecule is CCN(C)C=Nc1cc(C)c(Cc2nc(-c3cnc(C(=O)NC)cn3)cs2)cc1C. The highest BCUT2D eigenvalue weighted by atomic mass is 32.1. The highest BCUT2D eigenvalue weighted by molar-refractivity contribution is 7.10. The van der Waals surface area contributed by atoms with E-state index in [9.17, 15) is 4.79 Å². The van der Waals surface area contributed by atoms with Gasteiger partial charge >= 0.3 is 0 Å². The fraction of sp³-hybridized carbons (Fsp3) is 0.318. The number of benzene rings is 1. The van der Waals surface area contributed by atoms with Crippen LogP contribution < -0.4 is 5.32 Å². The van der Waals surface area contributed by atoms with E-state index < -0.39 is 0 Å². The summed E-state index contributed by atoms with van der Waals surface area (Å²) in [6.45, 7) is 7.20. The van der Waals surface area contributed by atoms with Gasteiger partial charge in [0.1, 0.15) is 17.1 Å². The molecule has 156 valence electrons. The van der Waals surface area contributed by atoms with E-state index in [-0.39, 0.29) is 11.6 Å². The number of carbonyl (C=O) groups excluding carboxylic acids is 1. The molecular formula is C22H26N6OS. The lowest BCUT2D eigenvalue weighted by molar-refractivity contribution is 0.0958. The summed E-state index contributed by atoms with van der Waals surface area (Å²) in [7, 11) is 3.58. The number of nitrogens with zero attached hydrogens (tertiary/aromatic N) is 5. The first kappa shape index (κ1) is 21.6. The molecule has 1 aromatic carbocycles. The molecule has 1 amide bonds. The van der Waals surface area contributed by atoms with Crippen LogP contribution in [0.15, 0.2) is 34.9 Å². The van der Waals surface area contributed by atoms with E-state index in [1.165, 1.54) is 17.3 Å². The number of carbonyl (C=O) groups is 1. The number of hydrogen-bond acceptors (Lipinski definition) is 6. The Morgan fingerprint density at radius 2 is 2.00 bits per heavy atom. The summed E-state index contributed by atoms with van der Waals surface area (Å²) >= 11 is 1.60. The normalized spacial score (nSPS) is 11.1. The number of thiazole rings is 1. The second-order valence-corrected chi connectivity index (χ2v) is 7.99. The van der Waals surface area contributed by atoms with Gasteiger partial charge in [0.05, 0.1) is 29.4 Å². The molecule has 8 heteroatoms. The van der Waals surface area contributed by atoms with Gasteiger partial charge in [-0.05, 0) is 43.5 Å². The number of aromatic nitrogens is 3. The van der Waals surface area contributed by atoms with Crippen LogP contribution in [0, 0.1) is 13.8 Å². The van der Waals surface area contributed by atoms with Crippen molar-refractivity contribution in [2.45, 2.75) is 27.2 Å². The fourth-order valence-electron chi connectivity index (χ4n) is 2.81. The Hall–Kier alpha value is -3.13. The van der Waals surface area contributed by atoms with Gasteiger partial charge in [-0.2, -0.15) is 0 Å². The molecular weight excluding hydrogens is 396 g/mol. The predicted molar refractivity (Wildman–Crippen MR) is 122 cm³/mol. The minimum atomic E-state index is -0.256. The molecule has 0 saturated carbocycles. The molecule has 0 aliphatic carbocycles. The van der Waals surface area contributed by atoms with Crippen molar-refractivity contribution in [2.75, 3.05) is 20.6 Å². The molecule has 0 atom stereocenters. The lowest BCUT2D eigenvalue weighted by atomic mass is 10.0. The molecule has 2 heterocycles. The van der Waals surface area contributed by atoms with Crippen molar-refractivity contribution in [3.05, 3.63) is 57.3 Å². The molecule has 0 unspecified atom stereocenters. The summed E-state index contributed by atoms with van der Waals surface area (Å²) < 4.78 is 0. The average Bonchev–Trinajstić information content (AvgIpc) is 3.22. The van der Waals surface area contributed by atoms with Crippen molar-refractivity contribution >= 4 is 29.3 Å². The summed E-state index contributed by atoms with van der Waals surface area (Å²) in [6.07, 6.45) is 5.67. The molecule has 2 aromatic heterocycles. The molecule has 3 rings (SSSR count). The smallest absolute Gasteiger partial charge is 0.271 e. The molecule has 0 radical (unpaired) electrons. The first-order valence-corrected chi connectivity index (χ1v) is 10.6. The topological polar surface area (TPSA) is 83.4 Å². The van der Waals surface area contributed by atoms with Crippen LogP contribution >= 0.6 is 11.3 Å². The van der Waals surface area contributed by atoms with E-state index in [2.05, 4.69) is 53.2 Å². The first-order chi connectivity index (χ1) is 14.4. The molecule has 0 fully saturated rings. The molecule has 0 bridgehead atoms. The third-order valence-corrected chi connectivity index (χ3v) is 5.66. The standard InChI is InChI=1S/C22H26N6OS/c1-6-28(5)13-26-17-8-14(2)16(7-15(17)3)9-21-27-20(12-30-21)18-10-25-19(11-24-18)22(29)23-4/h7-8,10-13H,6,9H2,1-5H3,(H,23,29). The van der Waals surface area contributed by atoms with Crippen LogP contribution in [0.5, 0.6) is 0 Å². The third-order valence-electron chi connectivity index (χ3n) is 4.81. The van der Waals surface area contributed by atoms with E-state index in [0.717, 1.165) is 34.9 Å². The van der Waals surface area contributed by atoms with Gasteiger partial charge in [0, 0.05) is 32.4 Å². The van der Waals surface area contributed by atoms with Gasteiger partial charge in [-0.15, -0.1) is 11.3 Å². The van der Waals surface area contributed by atoms with Gasteiger partial charge in [0.15, 0.2) is 0 Å². The van der Waals surface area contributed by atoms with Crippen LogP contribution in [0.3, 0.4) is 0 Å². The minimum absolute atomic E-state index is 0.256. The van der Waals surface area contributed by atoms with Crippen LogP contribution in [0.25, 0.3) is 11.4 Å². The highest BCUT2D eigenvalue weighted by Crippen LogP contribution is 2.27. The van der Waals surface area contributed by atoms with E-state index in [1.54, 1.807) is 24.6 Å². The lowest BCUT2D eigenvalue weighted by Gasteiger charge is -2.11. The van der Waals surface area contributed by atoms with Crippen LogP contribution in [0.2, 0.25) is 0 Å². The number of amides is 1.